The summed E-state index contributed by atoms with van der Waals surface area (Å²) in [4.78, 5) is 16.1. The molecule has 3 aromatic rings. The van der Waals surface area contributed by atoms with Crippen LogP contribution in [0.3, 0.4) is 0 Å². The number of aromatic nitrogens is 1. The molecule has 0 fully saturated rings. The number of rotatable bonds is 15. The topological polar surface area (TPSA) is 42.0 Å². The predicted octanol–water partition coefficient (Wildman–Crippen LogP) is 7.77. The van der Waals surface area contributed by atoms with Gasteiger partial charge in [0.15, 0.2) is 0 Å². The first-order chi connectivity index (χ1) is 15.8. The molecule has 33 heavy (non-hydrogen) atoms. The van der Waals surface area contributed by atoms with E-state index in [0.717, 1.165) is 11.4 Å². The Hall–Kier alpha value is -1.46. The molecule has 0 saturated heterocycles. The van der Waals surface area contributed by atoms with Gasteiger partial charge >= 0.3 is 17.1 Å². The summed E-state index contributed by atoms with van der Waals surface area (Å²) in [7, 11) is 3.68. The molecule has 3 nitrogen and oxygen atoms in total. The minimum absolute atomic E-state index is 0. The first-order valence-corrected chi connectivity index (χ1v) is 14.0. The monoisotopic (exact) mass is 524 g/mol. The van der Waals surface area contributed by atoms with Crippen LogP contribution in [0.1, 0.15) is 63.4 Å². The second-order valence-corrected chi connectivity index (χ2v) is 10.1. The first kappa shape index (κ1) is 29.6. The van der Waals surface area contributed by atoms with Gasteiger partial charge in [-0.1, -0.05) is 55.4 Å². The fraction of sp³-hybridized carbons (Fsp3) is 0.407. The van der Waals surface area contributed by atoms with E-state index in [-0.39, 0.29) is 23.0 Å². The molecule has 1 N–H and O–H groups in total. The second kappa shape index (κ2) is 21.1. The molecule has 1 amide bonds. The number of pyridine rings is 1. The summed E-state index contributed by atoms with van der Waals surface area (Å²) < 4.78 is 0. The third-order valence-corrected chi connectivity index (χ3v) is 7.29. The van der Waals surface area contributed by atoms with Crippen molar-refractivity contribution in [1.29, 1.82) is 0 Å². The number of amides is 1. The quantitative estimate of drug-likeness (QED) is 0.0955. The average molecular weight is 525 g/mol. The van der Waals surface area contributed by atoms with Crippen molar-refractivity contribution in [2.45, 2.75) is 69.4 Å². The van der Waals surface area contributed by atoms with Crippen LogP contribution in [-0.2, 0) is 28.4 Å². The zero-order valence-electron chi connectivity index (χ0n) is 19.3. The van der Waals surface area contributed by atoms with Crippen LogP contribution < -0.4 is 5.32 Å². The smallest absolute Gasteiger partial charge is 0.364 e. The normalized spacial score (nSPS) is 10.1. The minimum atomic E-state index is 0. The maximum atomic E-state index is 11.8. The van der Waals surface area contributed by atoms with Crippen LogP contribution in [0.25, 0.3) is 0 Å². The van der Waals surface area contributed by atoms with Gasteiger partial charge in [-0.15, -0.1) is 0 Å². The maximum Gasteiger partial charge on any atom is 2.00 e. The number of carbonyl (C=O) groups is 1. The van der Waals surface area contributed by atoms with Gasteiger partial charge < -0.3 is 5.32 Å². The van der Waals surface area contributed by atoms with Gasteiger partial charge in [-0.3, -0.25) is 4.79 Å². The molecular weight excluding hydrogens is 488 g/mol. The van der Waals surface area contributed by atoms with E-state index >= 15 is 0 Å². The number of hydrogen-bond acceptors (Lipinski definition) is 4. The van der Waals surface area contributed by atoms with Crippen molar-refractivity contribution in [2.75, 3.05) is 5.75 Å². The maximum absolute atomic E-state index is 11.8. The fourth-order valence-electron chi connectivity index (χ4n) is 3.15. The summed E-state index contributed by atoms with van der Waals surface area (Å²) >= 11 is 0. The van der Waals surface area contributed by atoms with Crippen LogP contribution in [-0.4, -0.2) is 16.6 Å². The van der Waals surface area contributed by atoms with E-state index in [1.807, 2.05) is 83.7 Å². The molecule has 6 heteroatoms. The molecular formula is C27H36FeN2OS2. The van der Waals surface area contributed by atoms with Crippen molar-refractivity contribution in [3.8, 4) is 0 Å². The van der Waals surface area contributed by atoms with Crippen molar-refractivity contribution in [1.82, 2.24) is 10.3 Å². The number of unbranched alkanes of at least 4 members (excludes halogenated alkanes) is 7. The molecule has 1 heterocycles. The number of nitrogens with zero attached hydrogens (tertiary/aromatic N) is 1. The van der Waals surface area contributed by atoms with Crippen LogP contribution in [0.15, 0.2) is 84.0 Å². The summed E-state index contributed by atoms with van der Waals surface area (Å²) in [6.07, 6.45) is 12.5. The minimum Gasteiger partial charge on any atom is -0.364 e. The molecule has 0 aliphatic heterocycles. The molecule has 0 unspecified atom stereocenters. The fourth-order valence-corrected chi connectivity index (χ4v) is 5.17. The molecule has 180 valence electrons. The summed E-state index contributed by atoms with van der Waals surface area (Å²) in [6.45, 7) is 0.657. The Morgan fingerprint density at radius 2 is 1.58 bits per heavy atom. The summed E-state index contributed by atoms with van der Waals surface area (Å²) in [6, 6.07) is 24.1. The van der Waals surface area contributed by atoms with Gasteiger partial charge in [0.2, 0.25) is 5.91 Å². The Balaban J connectivity index is 0.000000799. The van der Waals surface area contributed by atoms with E-state index in [1.165, 1.54) is 56.3 Å². The first-order valence-electron chi connectivity index (χ1n) is 11.7. The van der Waals surface area contributed by atoms with Crippen LogP contribution in [0.5, 0.6) is 0 Å². The molecule has 0 aliphatic carbocycles. The number of nitrogens with one attached hydrogen (secondary N) is 1. The van der Waals surface area contributed by atoms with Gasteiger partial charge in [0, 0.05) is 18.4 Å². The third kappa shape index (κ3) is 16.7. The van der Waals surface area contributed by atoms with Gasteiger partial charge in [-0.2, -0.15) is 42.0 Å². The summed E-state index contributed by atoms with van der Waals surface area (Å²) in [5.41, 5.74) is 1.18. The Labute approximate surface area is 218 Å². The molecule has 2 aromatic carbocycles. The van der Waals surface area contributed by atoms with E-state index in [4.69, 9.17) is 0 Å². The molecule has 3 rings (SSSR count). The standard InChI is InChI=1S/C22H31N2OS2.C5H5.Fe/c25-21(24-19-20-13-8-9-14-20)15-7-5-3-1-2-4-6-12-18-26-27-22-16-10-11-17-23-22;1-2-4-5-3-1;/h8-11,13-14,16-17H,1-7,12,15,18-19H2,(H,24,25);1-5H;/q2*-1;+2. The van der Waals surface area contributed by atoms with E-state index in [2.05, 4.69) is 16.4 Å². The molecule has 0 bridgehead atoms. The largest absolute Gasteiger partial charge is 2.00 e. The van der Waals surface area contributed by atoms with Crippen molar-refractivity contribution >= 4 is 27.5 Å². The average Bonchev–Trinajstić information content (AvgIpc) is 3.56. The summed E-state index contributed by atoms with van der Waals surface area (Å²) in [5.74, 6) is 1.37. The summed E-state index contributed by atoms with van der Waals surface area (Å²) in [5, 5.41) is 4.08. The van der Waals surface area contributed by atoms with Crippen molar-refractivity contribution < 1.29 is 21.9 Å². The van der Waals surface area contributed by atoms with Crippen LogP contribution >= 0.6 is 21.6 Å². The Morgan fingerprint density at radius 1 is 0.848 bits per heavy atom. The van der Waals surface area contributed by atoms with Crippen LogP contribution in [0.4, 0.5) is 0 Å². The van der Waals surface area contributed by atoms with Gasteiger partial charge in [0.1, 0.15) is 5.03 Å². The Kier molecular flexibility index (Phi) is 18.9. The van der Waals surface area contributed by atoms with Crippen LogP contribution in [0.2, 0.25) is 0 Å². The SMILES string of the molecule is O=C(CCCCCCCCCCSSc1ccccn1)NCc1cc[cH-]c1.[Fe+2].c1cc[cH-]c1. The molecule has 0 saturated carbocycles. The molecule has 0 aliphatic rings. The van der Waals surface area contributed by atoms with E-state index in [1.54, 1.807) is 10.8 Å². The molecule has 0 spiro atoms. The third-order valence-electron chi connectivity index (χ3n) is 4.94. The number of hydrogen-bond donors (Lipinski definition) is 1. The molecule has 1 aromatic heterocycles. The van der Waals surface area contributed by atoms with Crippen molar-refractivity contribution in [2.24, 2.45) is 0 Å². The van der Waals surface area contributed by atoms with E-state index in [9.17, 15) is 4.79 Å². The van der Waals surface area contributed by atoms with Crippen molar-refractivity contribution in [3.63, 3.8) is 0 Å². The Morgan fingerprint density at radius 3 is 2.18 bits per heavy atom. The van der Waals surface area contributed by atoms with Gasteiger partial charge in [-0.25, -0.2) is 23.2 Å². The molecule has 0 atom stereocenters. The van der Waals surface area contributed by atoms with Gasteiger partial charge in [0.05, 0.1) is 0 Å². The van der Waals surface area contributed by atoms with E-state index in [0.29, 0.717) is 13.0 Å². The molecule has 0 radical (unpaired) electrons. The van der Waals surface area contributed by atoms with E-state index < -0.39 is 0 Å². The predicted molar refractivity (Wildman–Crippen MR) is 140 cm³/mol. The zero-order valence-corrected chi connectivity index (χ0v) is 22.0. The number of carbonyl (C=O) groups excluding carboxylic acids is 1. The zero-order chi connectivity index (χ0) is 22.5. The van der Waals surface area contributed by atoms with Crippen LogP contribution in [0, 0.1) is 0 Å². The van der Waals surface area contributed by atoms with Crippen molar-refractivity contribution in [3.05, 3.63) is 84.6 Å². The Bertz CT molecular complexity index is 763. The van der Waals surface area contributed by atoms with Gasteiger partial charge in [-0.05, 0) is 42.3 Å². The van der Waals surface area contributed by atoms with Gasteiger partial charge in [0.25, 0.3) is 0 Å². The second-order valence-electron chi connectivity index (χ2n) is 7.68.